The summed E-state index contributed by atoms with van der Waals surface area (Å²) in [7, 11) is 0. The van der Waals surface area contributed by atoms with E-state index in [-0.39, 0.29) is 18.0 Å². The molecule has 2 saturated carbocycles. The van der Waals surface area contributed by atoms with Gasteiger partial charge in [0.2, 0.25) is 6.29 Å². The molecule has 4 heteroatoms. The fraction of sp³-hybridized carbons (Fsp3) is 0.938. The van der Waals surface area contributed by atoms with Crippen molar-refractivity contribution in [1.82, 2.24) is 0 Å². The van der Waals surface area contributed by atoms with Gasteiger partial charge in [0.25, 0.3) is 0 Å². The lowest BCUT2D eigenvalue weighted by Crippen LogP contribution is -2.50. The first-order valence-corrected chi connectivity index (χ1v) is 8.34. The van der Waals surface area contributed by atoms with E-state index in [1.54, 1.807) is 0 Å². The zero-order valence-corrected chi connectivity index (χ0v) is 13.4. The Morgan fingerprint density at radius 2 is 2.10 bits per heavy atom. The molecular formula is C16H25ClO3. The van der Waals surface area contributed by atoms with Crippen LogP contribution in [0.1, 0.15) is 52.9 Å². The predicted octanol–water partition coefficient (Wildman–Crippen LogP) is 3.73. The Morgan fingerprint density at radius 3 is 2.65 bits per heavy atom. The zero-order valence-electron chi connectivity index (χ0n) is 12.6. The predicted molar refractivity (Wildman–Crippen MR) is 77.4 cm³/mol. The maximum atomic E-state index is 11.8. The zero-order chi connectivity index (χ0) is 14.5. The highest BCUT2D eigenvalue weighted by Gasteiger charge is 2.63. The van der Waals surface area contributed by atoms with Crippen molar-refractivity contribution in [2.75, 3.05) is 0 Å². The third kappa shape index (κ3) is 2.27. The Kier molecular flexibility index (Phi) is 3.79. The molecule has 1 aliphatic heterocycles. The first-order chi connectivity index (χ1) is 9.41. The number of ether oxygens (including phenoxy) is 2. The Bertz CT molecular complexity index is 397. The number of carbonyl (C=O) groups excluding carboxylic acids is 1. The maximum absolute atomic E-state index is 11.8. The maximum Gasteiger partial charge on any atom is 0.313 e. The Hall–Kier alpha value is -0.280. The van der Waals surface area contributed by atoms with Gasteiger partial charge in [-0.3, -0.25) is 4.79 Å². The summed E-state index contributed by atoms with van der Waals surface area (Å²) in [5.41, 5.74) is 0. The largest absolute Gasteiger partial charge is 0.433 e. The minimum Gasteiger partial charge on any atom is -0.433 e. The second-order valence-electron chi connectivity index (χ2n) is 7.29. The second-order valence-corrected chi connectivity index (χ2v) is 7.99. The van der Waals surface area contributed by atoms with Crippen molar-refractivity contribution >= 4 is 17.6 Å². The van der Waals surface area contributed by atoms with Crippen LogP contribution in [0.25, 0.3) is 0 Å². The average Bonchev–Trinajstić information content (AvgIpc) is 2.49. The average molecular weight is 301 g/mol. The van der Waals surface area contributed by atoms with Gasteiger partial charge in [0.05, 0.1) is 12.0 Å². The molecule has 0 aromatic heterocycles. The summed E-state index contributed by atoms with van der Waals surface area (Å²) in [6.45, 7) is 6.77. The van der Waals surface area contributed by atoms with Crippen LogP contribution in [-0.2, 0) is 14.3 Å². The summed E-state index contributed by atoms with van der Waals surface area (Å²) in [6, 6.07) is 0. The van der Waals surface area contributed by atoms with Crippen molar-refractivity contribution in [3.05, 3.63) is 0 Å². The van der Waals surface area contributed by atoms with Crippen LogP contribution in [-0.4, -0.2) is 23.2 Å². The lowest BCUT2D eigenvalue weighted by atomic mass is 9.73. The van der Waals surface area contributed by atoms with Crippen LogP contribution in [0.2, 0.25) is 0 Å². The van der Waals surface area contributed by atoms with E-state index in [4.69, 9.17) is 21.1 Å². The van der Waals surface area contributed by atoms with Gasteiger partial charge >= 0.3 is 5.97 Å². The van der Waals surface area contributed by atoms with E-state index in [0.29, 0.717) is 17.8 Å². The quantitative estimate of drug-likeness (QED) is 0.588. The highest BCUT2D eigenvalue weighted by atomic mass is 35.5. The summed E-state index contributed by atoms with van der Waals surface area (Å²) in [6.07, 6.45) is 4.82. The van der Waals surface area contributed by atoms with E-state index in [9.17, 15) is 4.79 Å². The molecule has 0 N–H and O–H groups in total. The number of hydrogen-bond donors (Lipinski definition) is 0. The van der Waals surface area contributed by atoms with Gasteiger partial charge in [-0.15, -0.1) is 11.6 Å². The molecule has 1 heterocycles. The van der Waals surface area contributed by atoms with Crippen LogP contribution in [0.3, 0.4) is 0 Å². The summed E-state index contributed by atoms with van der Waals surface area (Å²) in [4.78, 5) is 11.2. The van der Waals surface area contributed by atoms with E-state index in [0.717, 1.165) is 19.3 Å². The van der Waals surface area contributed by atoms with Gasteiger partial charge in [-0.2, -0.15) is 0 Å². The van der Waals surface area contributed by atoms with Crippen LogP contribution in [0, 0.1) is 23.7 Å². The smallest absolute Gasteiger partial charge is 0.313 e. The van der Waals surface area contributed by atoms with Gasteiger partial charge in [-0.05, 0) is 43.4 Å². The Labute approximate surface area is 126 Å². The molecule has 0 amide bonds. The lowest BCUT2D eigenvalue weighted by Gasteiger charge is -2.43. The van der Waals surface area contributed by atoms with Gasteiger partial charge in [-0.25, -0.2) is 0 Å². The molecule has 0 radical (unpaired) electrons. The SMILES string of the molecule is CC(C)[C@@H]1CC[C@@H](C)C[C@H]1O[C@H]1OC(=O)[C@H]2CC[C@@]12Cl. The van der Waals surface area contributed by atoms with Crippen LogP contribution in [0.15, 0.2) is 0 Å². The highest BCUT2D eigenvalue weighted by Crippen LogP contribution is 2.54. The van der Waals surface area contributed by atoms with Crippen molar-refractivity contribution in [2.24, 2.45) is 23.7 Å². The Balaban J connectivity index is 1.70. The number of alkyl halides is 1. The monoisotopic (exact) mass is 300 g/mol. The molecule has 0 unspecified atom stereocenters. The van der Waals surface area contributed by atoms with Crippen LogP contribution < -0.4 is 0 Å². The van der Waals surface area contributed by atoms with Crippen molar-refractivity contribution < 1.29 is 14.3 Å². The minimum absolute atomic E-state index is 0.146. The van der Waals surface area contributed by atoms with E-state index in [1.165, 1.54) is 12.8 Å². The minimum atomic E-state index is -0.584. The number of esters is 1. The first-order valence-electron chi connectivity index (χ1n) is 7.96. The van der Waals surface area contributed by atoms with Crippen molar-refractivity contribution in [3.63, 3.8) is 0 Å². The third-order valence-electron chi connectivity index (χ3n) is 5.55. The molecule has 0 aromatic carbocycles. The molecule has 20 heavy (non-hydrogen) atoms. The second kappa shape index (κ2) is 5.17. The molecule has 114 valence electrons. The molecule has 3 fully saturated rings. The molecule has 6 atom stereocenters. The van der Waals surface area contributed by atoms with Crippen LogP contribution >= 0.6 is 11.6 Å². The number of cyclic esters (lactones) is 1. The topological polar surface area (TPSA) is 35.5 Å². The van der Waals surface area contributed by atoms with E-state index < -0.39 is 11.2 Å². The van der Waals surface area contributed by atoms with Crippen molar-refractivity contribution in [1.29, 1.82) is 0 Å². The van der Waals surface area contributed by atoms with Crippen LogP contribution in [0.4, 0.5) is 0 Å². The lowest BCUT2D eigenvalue weighted by molar-refractivity contribution is -0.193. The number of fused-ring (bicyclic) bond motifs is 1. The van der Waals surface area contributed by atoms with Gasteiger partial charge in [-0.1, -0.05) is 27.2 Å². The third-order valence-corrected chi connectivity index (χ3v) is 6.19. The molecule has 3 nitrogen and oxygen atoms in total. The molecule has 3 aliphatic rings. The van der Waals surface area contributed by atoms with Gasteiger partial charge < -0.3 is 9.47 Å². The number of rotatable bonds is 3. The highest BCUT2D eigenvalue weighted by molar-refractivity contribution is 6.27. The fourth-order valence-electron chi connectivity index (χ4n) is 4.02. The number of carbonyl (C=O) groups is 1. The molecule has 0 spiro atoms. The standard InChI is InChI=1S/C16H25ClO3/c1-9(2)11-5-4-10(3)8-13(11)19-15-16(17)7-6-12(16)14(18)20-15/h9-13,15H,4-8H2,1-3H3/t10-,11+,12-,13-,15+,16+/m1/s1. The summed E-state index contributed by atoms with van der Waals surface area (Å²) >= 11 is 6.58. The van der Waals surface area contributed by atoms with E-state index in [1.807, 2.05) is 0 Å². The normalized spacial score (nSPS) is 47.9. The molecule has 0 bridgehead atoms. The molecule has 2 aliphatic carbocycles. The number of halogens is 1. The van der Waals surface area contributed by atoms with Crippen molar-refractivity contribution in [2.45, 2.75) is 70.1 Å². The molecule has 0 aromatic rings. The summed E-state index contributed by atoms with van der Waals surface area (Å²) < 4.78 is 11.7. The fourth-order valence-corrected chi connectivity index (χ4v) is 4.42. The van der Waals surface area contributed by atoms with E-state index >= 15 is 0 Å². The van der Waals surface area contributed by atoms with Gasteiger partial charge in [0.1, 0.15) is 4.87 Å². The first kappa shape index (κ1) is 14.6. The van der Waals surface area contributed by atoms with Crippen molar-refractivity contribution in [3.8, 4) is 0 Å². The number of hydrogen-bond acceptors (Lipinski definition) is 3. The van der Waals surface area contributed by atoms with Crippen LogP contribution in [0.5, 0.6) is 0 Å². The van der Waals surface area contributed by atoms with Gasteiger partial charge in [0.15, 0.2) is 0 Å². The molecular weight excluding hydrogens is 276 g/mol. The molecule has 1 saturated heterocycles. The summed E-state index contributed by atoms with van der Waals surface area (Å²) in [5.74, 6) is 1.50. The van der Waals surface area contributed by atoms with Gasteiger partial charge in [0, 0.05) is 0 Å². The molecule has 3 rings (SSSR count). The Morgan fingerprint density at radius 1 is 1.35 bits per heavy atom. The summed E-state index contributed by atoms with van der Waals surface area (Å²) in [5, 5.41) is 0. The van der Waals surface area contributed by atoms with E-state index in [2.05, 4.69) is 20.8 Å².